The fourth-order valence-corrected chi connectivity index (χ4v) is 8.51. The van der Waals surface area contributed by atoms with Crippen LogP contribution < -0.4 is 0 Å². The van der Waals surface area contributed by atoms with Crippen LogP contribution in [0.4, 0.5) is 0 Å². The summed E-state index contributed by atoms with van der Waals surface area (Å²) in [4.78, 5) is 15.3. The second-order valence-electron chi connectivity index (χ2n) is 14.3. The van der Waals surface area contributed by atoms with Crippen LogP contribution in [-0.2, 0) is 0 Å². The fraction of sp³-hybridized carbons (Fsp3) is 0.0392. The van der Waals surface area contributed by atoms with Gasteiger partial charge in [0, 0.05) is 21.9 Å². The lowest BCUT2D eigenvalue weighted by Crippen LogP contribution is -2.08. The van der Waals surface area contributed by atoms with E-state index in [0.717, 1.165) is 51.3 Å². The predicted octanol–water partition coefficient (Wildman–Crippen LogP) is 13.2. The van der Waals surface area contributed by atoms with Crippen molar-refractivity contribution in [3.8, 4) is 39.6 Å². The lowest BCUT2D eigenvalue weighted by molar-refractivity contribution is 0.927. The maximum absolute atomic E-state index is 5.15. The lowest BCUT2D eigenvalue weighted by Gasteiger charge is -2.14. The number of para-hydroxylation sites is 1. The van der Waals surface area contributed by atoms with E-state index >= 15 is 0 Å². The SMILES string of the molecule is C1=CC(c2nc(-c3ccccc3)nc(-n3c4ccccc4c4cc(-c5ccccc5-c5ccc6c7ccccc7c7ccccc7c6c5)ccc43)n2)=CCC1. The van der Waals surface area contributed by atoms with Gasteiger partial charge in [-0.25, -0.2) is 4.98 Å². The minimum absolute atomic E-state index is 0.610. The molecule has 1 aliphatic rings. The Morgan fingerprint density at radius 2 is 0.927 bits per heavy atom. The van der Waals surface area contributed by atoms with Gasteiger partial charge in [0.1, 0.15) is 0 Å². The topological polar surface area (TPSA) is 43.6 Å². The first-order valence-corrected chi connectivity index (χ1v) is 18.9. The van der Waals surface area contributed by atoms with E-state index in [1.165, 1.54) is 49.0 Å². The quantitative estimate of drug-likeness (QED) is 0.168. The molecule has 2 heterocycles. The molecule has 0 bridgehead atoms. The molecular weight excluding hydrogens is 669 g/mol. The van der Waals surface area contributed by atoms with Gasteiger partial charge in [-0.1, -0.05) is 158 Å². The molecule has 55 heavy (non-hydrogen) atoms. The third-order valence-corrected chi connectivity index (χ3v) is 11.1. The van der Waals surface area contributed by atoms with Crippen LogP contribution in [0.2, 0.25) is 0 Å². The van der Waals surface area contributed by atoms with E-state index < -0.39 is 0 Å². The van der Waals surface area contributed by atoms with E-state index in [2.05, 4.69) is 168 Å². The van der Waals surface area contributed by atoms with Crippen molar-refractivity contribution in [2.24, 2.45) is 0 Å². The molecule has 11 rings (SSSR count). The Bertz CT molecular complexity index is 3170. The van der Waals surface area contributed by atoms with Gasteiger partial charge in [0.2, 0.25) is 5.95 Å². The Morgan fingerprint density at radius 1 is 0.382 bits per heavy atom. The number of rotatable bonds is 5. The minimum Gasteiger partial charge on any atom is -0.278 e. The van der Waals surface area contributed by atoms with Crippen molar-refractivity contribution < 1.29 is 0 Å². The molecule has 0 saturated carbocycles. The molecule has 0 atom stereocenters. The van der Waals surface area contributed by atoms with Gasteiger partial charge in [-0.2, -0.15) is 9.97 Å². The highest BCUT2D eigenvalue weighted by atomic mass is 15.2. The molecule has 4 heteroatoms. The van der Waals surface area contributed by atoms with Crippen molar-refractivity contribution in [3.63, 3.8) is 0 Å². The molecule has 2 aromatic heterocycles. The van der Waals surface area contributed by atoms with Crippen LogP contribution in [0.3, 0.4) is 0 Å². The van der Waals surface area contributed by atoms with Crippen molar-refractivity contribution in [3.05, 3.63) is 188 Å². The zero-order valence-corrected chi connectivity index (χ0v) is 30.0. The average molecular weight is 703 g/mol. The van der Waals surface area contributed by atoms with E-state index in [4.69, 9.17) is 15.0 Å². The lowest BCUT2D eigenvalue weighted by atomic mass is 9.89. The number of benzene rings is 8. The van der Waals surface area contributed by atoms with Gasteiger partial charge >= 0.3 is 0 Å². The summed E-state index contributed by atoms with van der Waals surface area (Å²) in [6.07, 6.45) is 8.56. The Morgan fingerprint density at radius 3 is 1.62 bits per heavy atom. The summed E-state index contributed by atoms with van der Waals surface area (Å²) in [6, 6.07) is 58.9. The van der Waals surface area contributed by atoms with E-state index in [1.54, 1.807) is 0 Å². The number of hydrogen-bond donors (Lipinski definition) is 0. The first-order valence-electron chi connectivity index (χ1n) is 18.9. The van der Waals surface area contributed by atoms with Gasteiger partial charge in [-0.3, -0.25) is 4.57 Å². The van der Waals surface area contributed by atoms with E-state index in [9.17, 15) is 0 Å². The van der Waals surface area contributed by atoms with Crippen LogP contribution in [0.1, 0.15) is 18.7 Å². The van der Waals surface area contributed by atoms with Crippen molar-refractivity contribution >= 4 is 59.7 Å². The van der Waals surface area contributed by atoms with Crippen LogP contribution in [0.5, 0.6) is 0 Å². The molecule has 0 radical (unpaired) electrons. The Hall–Kier alpha value is -7.17. The highest BCUT2D eigenvalue weighted by Gasteiger charge is 2.20. The Labute approximate surface area is 318 Å². The second kappa shape index (κ2) is 12.8. The number of aromatic nitrogens is 4. The highest BCUT2D eigenvalue weighted by molar-refractivity contribution is 6.25. The first kappa shape index (κ1) is 31.4. The van der Waals surface area contributed by atoms with Gasteiger partial charge in [-0.15, -0.1) is 0 Å². The van der Waals surface area contributed by atoms with Crippen molar-refractivity contribution in [1.29, 1.82) is 0 Å². The molecule has 0 fully saturated rings. The van der Waals surface area contributed by atoms with Crippen LogP contribution in [0.25, 0.3) is 99.3 Å². The van der Waals surface area contributed by atoms with E-state index in [1.807, 2.05) is 18.2 Å². The third-order valence-electron chi connectivity index (χ3n) is 11.1. The zero-order chi connectivity index (χ0) is 36.3. The predicted molar refractivity (Wildman–Crippen MR) is 229 cm³/mol. The maximum atomic E-state index is 5.15. The first-order chi connectivity index (χ1) is 27.3. The number of nitrogens with zero attached hydrogens (tertiary/aromatic N) is 4. The van der Waals surface area contributed by atoms with Gasteiger partial charge < -0.3 is 0 Å². The summed E-state index contributed by atoms with van der Waals surface area (Å²) in [5, 5.41) is 9.98. The summed E-state index contributed by atoms with van der Waals surface area (Å²) < 4.78 is 2.20. The highest BCUT2D eigenvalue weighted by Crippen LogP contribution is 2.41. The largest absolute Gasteiger partial charge is 0.278 e. The average Bonchev–Trinajstić information content (AvgIpc) is 3.60. The molecule has 8 aromatic carbocycles. The smallest absolute Gasteiger partial charge is 0.238 e. The number of allylic oxidation sites excluding steroid dienone is 4. The molecule has 0 saturated heterocycles. The van der Waals surface area contributed by atoms with Gasteiger partial charge in [-0.05, 0) is 91.7 Å². The molecule has 4 nitrogen and oxygen atoms in total. The molecule has 0 N–H and O–H groups in total. The normalized spacial score (nSPS) is 13.0. The maximum Gasteiger partial charge on any atom is 0.238 e. The molecule has 0 unspecified atom stereocenters. The van der Waals surface area contributed by atoms with Crippen LogP contribution >= 0.6 is 0 Å². The van der Waals surface area contributed by atoms with Gasteiger partial charge in [0.15, 0.2) is 11.6 Å². The molecule has 258 valence electrons. The summed E-state index contributed by atoms with van der Waals surface area (Å²) in [5.41, 5.74) is 8.85. The molecule has 10 aromatic rings. The van der Waals surface area contributed by atoms with Gasteiger partial charge in [0.05, 0.1) is 11.0 Å². The van der Waals surface area contributed by atoms with Crippen molar-refractivity contribution in [2.75, 3.05) is 0 Å². The van der Waals surface area contributed by atoms with E-state index in [-0.39, 0.29) is 0 Å². The van der Waals surface area contributed by atoms with E-state index in [0.29, 0.717) is 17.6 Å². The summed E-state index contributed by atoms with van der Waals surface area (Å²) >= 11 is 0. The summed E-state index contributed by atoms with van der Waals surface area (Å²) in [7, 11) is 0. The number of fused-ring (bicyclic) bond motifs is 9. The Balaban J connectivity index is 1.10. The van der Waals surface area contributed by atoms with Crippen LogP contribution in [-0.4, -0.2) is 19.5 Å². The standard InChI is InChI=1S/C51H34N4/c1-3-15-33(16-4-1)49-52-50(34-17-5-2-6-18-34)54-51(53-49)55-47-26-14-13-25-44(47)46-32-36(28-30-48(46)55)38-20-8-7-19-37(38)35-27-29-43-41-23-10-9-21-39(41)40-22-11-12-24-42(40)45(43)31-35/h1,3-5,7-32H,2,6H2. The molecule has 1 aliphatic carbocycles. The second-order valence-corrected chi connectivity index (χ2v) is 14.3. The van der Waals surface area contributed by atoms with Gasteiger partial charge in [0.25, 0.3) is 0 Å². The monoisotopic (exact) mass is 702 g/mol. The molecule has 0 spiro atoms. The molecular formula is C51H34N4. The van der Waals surface area contributed by atoms with Crippen molar-refractivity contribution in [1.82, 2.24) is 19.5 Å². The third kappa shape index (κ3) is 5.18. The van der Waals surface area contributed by atoms with Crippen molar-refractivity contribution in [2.45, 2.75) is 12.8 Å². The summed E-state index contributed by atoms with van der Waals surface area (Å²) in [6.45, 7) is 0. The minimum atomic E-state index is 0.610. The zero-order valence-electron chi connectivity index (χ0n) is 30.0. The van der Waals surface area contributed by atoms with Crippen LogP contribution in [0.15, 0.2) is 182 Å². The molecule has 0 amide bonds. The van der Waals surface area contributed by atoms with Crippen LogP contribution in [0, 0.1) is 0 Å². The number of hydrogen-bond acceptors (Lipinski definition) is 3. The molecule has 0 aliphatic heterocycles. The summed E-state index contributed by atoms with van der Waals surface area (Å²) in [5.74, 6) is 1.96. The Kier molecular flexibility index (Phi) is 7.27. The fourth-order valence-electron chi connectivity index (χ4n) is 8.51.